The number of unbranched alkanes of at least 4 members (excludes halogenated alkanes) is 5. The predicted octanol–water partition coefficient (Wildman–Crippen LogP) is -0.499. The zero-order valence-corrected chi connectivity index (χ0v) is 21.5. The zero-order chi connectivity index (χ0) is 26.5. The third kappa shape index (κ3) is 35.9. The van der Waals surface area contributed by atoms with Gasteiger partial charge >= 0.3 is 7.82 Å². The van der Waals surface area contributed by atoms with Gasteiger partial charge in [-0.25, -0.2) is 4.57 Å². The molecule has 12 nitrogen and oxygen atoms in total. The molecule has 0 fully saturated rings. The van der Waals surface area contributed by atoms with Crippen molar-refractivity contribution in [1.82, 2.24) is 9.80 Å². The van der Waals surface area contributed by atoms with Crippen LogP contribution in [0.25, 0.3) is 0 Å². The van der Waals surface area contributed by atoms with Gasteiger partial charge in [-0.05, 0) is 18.9 Å². The van der Waals surface area contributed by atoms with Gasteiger partial charge in [0, 0.05) is 39.3 Å². The Hall–Kier alpha value is -0.630. The second-order valence-electron chi connectivity index (χ2n) is 7.20. The summed E-state index contributed by atoms with van der Waals surface area (Å²) in [5.41, 5.74) is 0. The molecule has 8 N–H and O–H groups in total. The summed E-state index contributed by atoms with van der Waals surface area (Å²) in [5.74, 6) is 0. The van der Waals surface area contributed by atoms with Gasteiger partial charge in [0.25, 0.3) is 0 Å². The molecule has 0 saturated carbocycles. The number of rotatable bonds is 20. The minimum Gasteiger partial charge on any atom is -0.413 e. The summed E-state index contributed by atoms with van der Waals surface area (Å²) >= 11 is 0. The molecule has 34 heavy (non-hydrogen) atoms. The first-order valence-corrected chi connectivity index (χ1v) is 13.3. The van der Waals surface area contributed by atoms with E-state index in [0.717, 1.165) is 25.5 Å². The highest BCUT2D eigenvalue weighted by molar-refractivity contribution is 7.46. The molecule has 0 spiro atoms. The number of aliphatic hydroxyl groups excluding tert-OH is 6. The van der Waals surface area contributed by atoms with Crippen molar-refractivity contribution in [3.05, 3.63) is 12.3 Å². The highest BCUT2D eigenvalue weighted by atomic mass is 31.2. The smallest absolute Gasteiger partial charge is 0.413 e. The number of allylic oxidation sites excluding steroid dienone is 1. The van der Waals surface area contributed by atoms with E-state index in [1.165, 1.54) is 19.3 Å². The Bertz CT molecular complexity index is 409. The highest BCUT2D eigenvalue weighted by Gasteiger charge is 2.10. The molecular formula is C21H49N2O10P. The van der Waals surface area contributed by atoms with Crippen LogP contribution in [0, 0.1) is 0 Å². The summed E-state index contributed by atoms with van der Waals surface area (Å²) in [6.07, 6.45) is 9.44. The summed E-state index contributed by atoms with van der Waals surface area (Å²) in [6.45, 7) is 5.67. The van der Waals surface area contributed by atoms with Crippen LogP contribution in [0.15, 0.2) is 12.3 Å². The second-order valence-corrected chi connectivity index (χ2v) is 8.39. The fourth-order valence-corrected chi connectivity index (χ4v) is 2.82. The van der Waals surface area contributed by atoms with Crippen molar-refractivity contribution >= 4 is 7.82 Å². The number of nitrogens with zero attached hydrogens (tertiary/aromatic N) is 2. The summed E-state index contributed by atoms with van der Waals surface area (Å²) in [4.78, 5) is 20.2. The van der Waals surface area contributed by atoms with E-state index in [9.17, 15) is 4.57 Å². The van der Waals surface area contributed by atoms with Gasteiger partial charge in [-0.1, -0.05) is 32.6 Å². The molecule has 0 radical (unpaired) electrons. The number of hydrogen-bond donors (Lipinski definition) is 8. The first kappa shape index (κ1) is 37.9. The molecule has 0 unspecified atom stereocenters. The van der Waals surface area contributed by atoms with Gasteiger partial charge in [-0.2, -0.15) is 0 Å². The van der Waals surface area contributed by atoms with Crippen molar-refractivity contribution < 1.29 is 49.5 Å². The monoisotopic (exact) mass is 520 g/mol. The van der Waals surface area contributed by atoms with Crippen LogP contribution in [0.2, 0.25) is 0 Å². The van der Waals surface area contributed by atoms with E-state index in [2.05, 4.69) is 11.4 Å². The average molecular weight is 521 g/mol. The molecular weight excluding hydrogens is 471 g/mol. The highest BCUT2D eigenvalue weighted by Crippen LogP contribution is 2.35. The van der Waals surface area contributed by atoms with Crippen molar-refractivity contribution in [2.24, 2.45) is 0 Å². The van der Waals surface area contributed by atoms with Gasteiger partial charge in [0.1, 0.15) is 0 Å². The van der Waals surface area contributed by atoms with E-state index in [1.54, 1.807) is 15.9 Å². The van der Waals surface area contributed by atoms with Crippen molar-refractivity contribution in [2.45, 2.75) is 45.4 Å². The van der Waals surface area contributed by atoms with Gasteiger partial charge in [0.15, 0.2) is 0 Å². The quantitative estimate of drug-likeness (QED) is 0.0583. The normalized spacial score (nSPS) is 11.4. The van der Waals surface area contributed by atoms with Crippen molar-refractivity contribution in [2.75, 3.05) is 78.9 Å². The molecule has 0 atom stereocenters. The lowest BCUT2D eigenvalue weighted by molar-refractivity contribution is 0.136. The Morgan fingerprint density at radius 2 is 1.00 bits per heavy atom. The molecule has 0 heterocycles. The number of aliphatic hydroxyl groups is 6. The van der Waals surface area contributed by atoms with E-state index in [4.69, 9.17) is 40.4 Å². The molecule has 0 bridgehead atoms. The first-order chi connectivity index (χ1) is 16.3. The maximum atomic E-state index is 10.2. The third-order valence-electron chi connectivity index (χ3n) is 4.27. The van der Waals surface area contributed by atoms with E-state index >= 15 is 0 Å². The Morgan fingerprint density at radius 1 is 0.647 bits per heavy atom. The molecule has 0 saturated heterocycles. The molecule has 208 valence electrons. The lowest BCUT2D eigenvalue weighted by Crippen LogP contribution is -2.32. The van der Waals surface area contributed by atoms with Crippen molar-refractivity contribution in [3.63, 3.8) is 0 Å². The maximum Gasteiger partial charge on any atom is 0.524 e. The van der Waals surface area contributed by atoms with Gasteiger partial charge in [0.2, 0.25) is 0 Å². The fourth-order valence-electron chi connectivity index (χ4n) is 2.58. The van der Waals surface area contributed by atoms with Crippen LogP contribution in [-0.4, -0.2) is 129 Å². The Kier molecular flexibility index (Phi) is 33.9. The number of hydrogen-bond acceptors (Lipinski definition) is 10. The van der Waals surface area contributed by atoms with Crippen LogP contribution in [-0.2, 0) is 9.09 Å². The SMILES string of the molecule is CCCCCCCC=COP(=O)(O)O.OCCN(CCO)CCO.OCCN(CCO)CCO. The molecule has 0 aromatic carbocycles. The van der Waals surface area contributed by atoms with Gasteiger partial charge in [-0.15, -0.1) is 0 Å². The zero-order valence-electron chi connectivity index (χ0n) is 20.6. The molecule has 0 amide bonds. The molecule has 0 aliphatic rings. The lowest BCUT2D eigenvalue weighted by atomic mass is 10.1. The first-order valence-electron chi connectivity index (χ1n) is 11.7. The minimum absolute atomic E-state index is 0.0694. The van der Waals surface area contributed by atoms with Gasteiger partial charge in [0.05, 0.1) is 45.9 Å². The minimum atomic E-state index is -4.32. The largest absolute Gasteiger partial charge is 0.524 e. The summed E-state index contributed by atoms with van der Waals surface area (Å²) in [6, 6.07) is 0. The predicted molar refractivity (Wildman–Crippen MR) is 131 cm³/mol. The van der Waals surface area contributed by atoms with E-state index in [0.29, 0.717) is 39.3 Å². The van der Waals surface area contributed by atoms with Crippen LogP contribution in [0.4, 0.5) is 0 Å². The molecule has 0 rings (SSSR count). The Morgan fingerprint density at radius 3 is 1.29 bits per heavy atom. The molecule has 0 aromatic heterocycles. The van der Waals surface area contributed by atoms with Gasteiger partial charge < -0.3 is 35.2 Å². The Labute approximate surface area is 204 Å². The maximum absolute atomic E-state index is 10.2. The van der Waals surface area contributed by atoms with Crippen molar-refractivity contribution in [1.29, 1.82) is 0 Å². The summed E-state index contributed by atoms with van der Waals surface area (Å²) in [7, 11) is -4.32. The number of phosphoric ester groups is 1. The molecule has 0 aromatic rings. The molecule has 0 aliphatic carbocycles. The van der Waals surface area contributed by atoms with Crippen LogP contribution in [0.3, 0.4) is 0 Å². The Balaban J connectivity index is -0.000000434. The lowest BCUT2D eigenvalue weighted by Gasteiger charge is -2.17. The summed E-state index contributed by atoms with van der Waals surface area (Å²) in [5, 5.41) is 50.9. The van der Waals surface area contributed by atoms with E-state index in [-0.39, 0.29) is 39.6 Å². The average Bonchev–Trinajstić information content (AvgIpc) is 2.77. The molecule has 0 aliphatic heterocycles. The van der Waals surface area contributed by atoms with E-state index < -0.39 is 7.82 Å². The van der Waals surface area contributed by atoms with Crippen LogP contribution >= 0.6 is 7.82 Å². The van der Waals surface area contributed by atoms with Crippen LogP contribution in [0.5, 0.6) is 0 Å². The van der Waals surface area contributed by atoms with Crippen molar-refractivity contribution in [3.8, 4) is 0 Å². The fraction of sp³-hybridized carbons (Fsp3) is 0.905. The third-order valence-corrected chi connectivity index (χ3v) is 4.66. The summed E-state index contributed by atoms with van der Waals surface area (Å²) < 4.78 is 14.4. The second kappa shape index (κ2) is 30.4. The van der Waals surface area contributed by atoms with E-state index in [1.807, 2.05) is 0 Å². The topological polar surface area (TPSA) is 195 Å². The van der Waals surface area contributed by atoms with Crippen LogP contribution < -0.4 is 0 Å². The molecule has 13 heteroatoms. The van der Waals surface area contributed by atoms with Crippen LogP contribution in [0.1, 0.15) is 45.4 Å². The van der Waals surface area contributed by atoms with Gasteiger partial charge in [-0.3, -0.25) is 19.6 Å². The number of phosphoric acid groups is 1. The standard InChI is InChI=1S/C9H19O4P.2C6H15NO3/c1-2-3-4-5-6-7-8-9-13-14(10,11)12;2*8-4-1-7(2-5-9)3-6-10/h8-9H,2-7H2,1H3,(H2,10,11,12);2*8-10H,1-6H2.